The zero-order valence-electron chi connectivity index (χ0n) is 16.7. The fourth-order valence-corrected chi connectivity index (χ4v) is 4.78. The molecule has 0 aliphatic carbocycles. The molecule has 1 aromatic carbocycles. The molecular weight excluding hydrogens is 426 g/mol. The largest absolute Gasteiger partial charge is 0.352 e. The molecule has 11 heteroatoms. The van der Waals surface area contributed by atoms with Crippen molar-refractivity contribution < 1.29 is 17.2 Å². The summed E-state index contributed by atoms with van der Waals surface area (Å²) in [6.07, 6.45) is 1.74. The lowest BCUT2D eigenvalue weighted by atomic mass is 10.3. The van der Waals surface area contributed by atoms with Crippen molar-refractivity contribution in [2.45, 2.75) is 11.8 Å². The topological polar surface area (TPSA) is 91.3 Å². The van der Waals surface area contributed by atoms with Crippen LogP contribution in [0.5, 0.6) is 0 Å². The number of piperazine rings is 1. The number of aryl methyl sites for hydroxylation is 1. The highest BCUT2D eigenvalue weighted by Gasteiger charge is 2.33. The molecule has 3 aromatic rings. The van der Waals surface area contributed by atoms with Gasteiger partial charge in [0.2, 0.25) is 10.0 Å². The number of halogens is 2. The van der Waals surface area contributed by atoms with Gasteiger partial charge in [-0.3, -0.25) is 0 Å². The summed E-state index contributed by atoms with van der Waals surface area (Å²) in [6.45, 7) is 2.73. The normalized spacial score (nSPS) is 15.1. The number of sulfonamides is 1. The standard InChI is InChI=1S/C20H20F2N6O2S/c1-14-5-6-17(23-13-14)24-18-7-8-19(26-25-18)27-9-11-28(12-10-27)31(29,30)20-15(21)3-2-4-16(20)22/h2-8,13H,9-12H2,1H3,(H,23,24,25). The van der Waals surface area contributed by atoms with Crippen LogP contribution in [-0.4, -0.2) is 54.1 Å². The maximum Gasteiger partial charge on any atom is 0.249 e. The van der Waals surface area contributed by atoms with Crippen LogP contribution in [0.3, 0.4) is 0 Å². The molecule has 0 atom stereocenters. The van der Waals surface area contributed by atoms with Crippen LogP contribution in [0.25, 0.3) is 0 Å². The highest BCUT2D eigenvalue weighted by atomic mass is 32.2. The maximum atomic E-state index is 14.0. The van der Waals surface area contributed by atoms with Crippen molar-refractivity contribution >= 4 is 27.5 Å². The number of aromatic nitrogens is 3. The van der Waals surface area contributed by atoms with Crippen LogP contribution < -0.4 is 10.2 Å². The first-order chi connectivity index (χ1) is 14.8. The summed E-state index contributed by atoms with van der Waals surface area (Å²) in [5, 5.41) is 11.4. The van der Waals surface area contributed by atoms with Gasteiger partial charge in [0.25, 0.3) is 0 Å². The molecule has 1 aliphatic rings. The average Bonchev–Trinajstić information content (AvgIpc) is 2.76. The van der Waals surface area contributed by atoms with Crippen LogP contribution in [-0.2, 0) is 10.0 Å². The second-order valence-electron chi connectivity index (χ2n) is 7.06. The Hall–Kier alpha value is -3.18. The van der Waals surface area contributed by atoms with Gasteiger partial charge in [-0.15, -0.1) is 10.2 Å². The van der Waals surface area contributed by atoms with E-state index in [1.165, 1.54) is 0 Å². The first-order valence-corrected chi connectivity index (χ1v) is 11.0. The van der Waals surface area contributed by atoms with Crippen molar-refractivity contribution in [3.05, 3.63) is 65.9 Å². The second kappa shape index (κ2) is 8.52. The van der Waals surface area contributed by atoms with Crippen LogP contribution in [0.4, 0.5) is 26.2 Å². The average molecular weight is 446 g/mol. The molecule has 0 spiro atoms. The second-order valence-corrected chi connectivity index (χ2v) is 8.94. The van der Waals surface area contributed by atoms with Crippen molar-refractivity contribution in [2.24, 2.45) is 0 Å². The molecule has 31 heavy (non-hydrogen) atoms. The minimum atomic E-state index is -4.27. The summed E-state index contributed by atoms with van der Waals surface area (Å²) in [5.74, 6) is -0.446. The highest BCUT2D eigenvalue weighted by molar-refractivity contribution is 7.89. The molecule has 2 aromatic heterocycles. The molecule has 1 N–H and O–H groups in total. The SMILES string of the molecule is Cc1ccc(Nc2ccc(N3CCN(S(=O)(=O)c4c(F)cccc4F)CC3)nn2)nc1. The lowest BCUT2D eigenvalue weighted by Crippen LogP contribution is -2.49. The van der Waals surface area contributed by atoms with Crippen LogP contribution in [0.1, 0.15) is 5.56 Å². The van der Waals surface area contributed by atoms with E-state index in [-0.39, 0.29) is 13.1 Å². The minimum Gasteiger partial charge on any atom is -0.352 e. The Balaban J connectivity index is 1.41. The van der Waals surface area contributed by atoms with Gasteiger partial charge in [0.15, 0.2) is 16.5 Å². The molecule has 1 aliphatic heterocycles. The predicted molar refractivity (Wildman–Crippen MR) is 112 cm³/mol. The summed E-state index contributed by atoms with van der Waals surface area (Å²) < 4.78 is 54.4. The minimum absolute atomic E-state index is 0.0745. The molecule has 0 amide bonds. The Bertz CT molecular complexity index is 1150. The van der Waals surface area contributed by atoms with Crippen LogP contribution in [0.2, 0.25) is 0 Å². The van der Waals surface area contributed by atoms with Gasteiger partial charge in [0.05, 0.1) is 0 Å². The number of nitrogens with one attached hydrogen (secondary N) is 1. The van der Waals surface area contributed by atoms with Crippen molar-refractivity contribution in [2.75, 3.05) is 36.4 Å². The third-order valence-corrected chi connectivity index (χ3v) is 6.85. The van der Waals surface area contributed by atoms with E-state index < -0.39 is 26.6 Å². The number of hydrogen-bond donors (Lipinski definition) is 1. The van der Waals surface area contributed by atoms with Gasteiger partial charge in [-0.25, -0.2) is 22.2 Å². The molecule has 1 fully saturated rings. The summed E-state index contributed by atoms with van der Waals surface area (Å²) in [7, 11) is -4.27. The Kier molecular flexibility index (Phi) is 5.79. The van der Waals surface area contributed by atoms with Gasteiger partial charge < -0.3 is 10.2 Å². The van der Waals surface area contributed by atoms with Crippen LogP contribution in [0.15, 0.2) is 53.6 Å². The number of rotatable bonds is 5. The molecule has 8 nitrogen and oxygen atoms in total. The number of hydrogen-bond acceptors (Lipinski definition) is 7. The van der Waals surface area contributed by atoms with Crippen molar-refractivity contribution in [3.63, 3.8) is 0 Å². The lowest BCUT2D eigenvalue weighted by Gasteiger charge is -2.34. The lowest BCUT2D eigenvalue weighted by molar-refractivity contribution is 0.377. The molecule has 162 valence electrons. The van der Waals surface area contributed by atoms with E-state index in [0.29, 0.717) is 30.5 Å². The quantitative estimate of drug-likeness (QED) is 0.644. The van der Waals surface area contributed by atoms with Crippen LogP contribution >= 0.6 is 0 Å². The van der Waals surface area contributed by atoms with Gasteiger partial charge in [-0.2, -0.15) is 4.31 Å². The summed E-state index contributed by atoms with van der Waals surface area (Å²) >= 11 is 0. The first kappa shape index (κ1) is 21.1. The Morgan fingerprint density at radius 1 is 0.903 bits per heavy atom. The van der Waals surface area contributed by atoms with Crippen molar-refractivity contribution in [1.82, 2.24) is 19.5 Å². The molecule has 4 rings (SSSR count). The third-order valence-electron chi connectivity index (χ3n) is 4.90. The molecule has 3 heterocycles. The Labute approximate surface area is 178 Å². The third kappa shape index (κ3) is 4.47. The predicted octanol–water partition coefficient (Wildman–Crippen LogP) is 2.71. The van der Waals surface area contributed by atoms with Gasteiger partial charge in [-0.1, -0.05) is 12.1 Å². The van der Waals surface area contributed by atoms with E-state index in [4.69, 9.17) is 0 Å². The van der Waals surface area contributed by atoms with Crippen molar-refractivity contribution in [1.29, 1.82) is 0 Å². The number of benzene rings is 1. The fraction of sp³-hybridized carbons (Fsp3) is 0.250. The van der Waals surface area contributed by atoms with E-state index in [1.54, 1.807) is 18.3 Å². The van der Waals surface area contributed by atoms with Crippen molar-refractivity contribution in [3.8, 4) is 0 Å². The van der Waals surface area contributed by atoms with E-state index in [2.05, 4.69) is 20.5 Å². The van der Waals surface area contributed by atoms with E-state index in [0.717, 1.165) is 28.1 Å². The molecule has 1 saturated heterocycles. The van der Waals surface area contributed by atoms with E-state index in [1.807, 2.05) is 24.0 Å². The maximum absolute atomic E-state index is 14.0. The van der Waals surface area contributed by atoms with Gasteiger partial charge >= 0.3 is 0 Å². The van der Waals surface area contributed by atoms with Gasteiger partial charge in [0, 0.05) is 32.4 Å². The van der Waals surface area contributed by atoms with Gasteiger partial charge in [-0.05, 0) is 42.8 Å². The Morgan fingerprint density at radius 3 is 2.16 bits per heavy atom. The smallest absolute Gasteiger partial charge is 0.249 e. The zero-order chi connectivity index (χ0) is 22.0. The summed E-state index contributed by atoms with van der Waals surface area (Å²) in [4.78, 5) is 5.20. The molecule has 0 unspecified atom stereocenters. The summed E-state index contributed by atoms with van der Waals surface area (Å²) in [5.41, 5.74) is 1.05. The number of nitrogens with zero attached hydrogens (tertiary/aromatic N) is 5. The summed E-state index contributed by atoms with van der Waals surface area (Å²) in [6, 6.07) is 10.3. The van der Waals surface area contributed by atoms with E-state index >= 15 is 0 Å². The first-order valence-electron chi connectivity index (χ1n) is 9.57. The fourth-order valence-electron chi connectivity index (χ4n) is 3.25. The van der Waals surface area contributed by atoms with E-state index in [9.17, 15) is 17.2 Å². The molecule has 0 saturated carbocycles. The Morgan fingerprint density at radius 2 is 1.58 bits per heavy atom. The molecule has 0 radical (unpaired) electrons. The highest BCUT2D eigenvalue weighted by Crippen LogP contribution is 2.24. The zero-order valence-corrected chi connectivity index (χ0v) is 17.5. The monoisotopic (exact) mass is 446 g/mol. The van der Waals surface area contributed by atoms with Gasteiger partial charge in [0.1, 0.15) is 17.5 Å². The number of anilines is 3. The number of pyridine rings is 1. The van der Waals surface area contributed by atoms with Crippen LogP contribution in [0, 0.1) is 18.6 Å². The molecule has 0 bridgehead atoms. The molecular formula is C20H20F2N6O2S.